The Morgan fingerprint density at radius 2 is 1.29 bits per heavy atom. The molecule has 0 unspecified atom stereocenters. The Morgan fingerprint density at radius 3 is 1.79 bits per heavy atom. The highest BCUT2D eigenvalue weighted by molar-refractivity contribution is 5.96. The summed E-state index contributed by atoms with van der Waals surface area (Å²) in [6.07, 6.45) is 3.15. The van der Waals surface area contributed by atoms with Crippen molar-refractivity contribution in [1.29, 1.82) is 0 Å². The van der Waals surface area contributed by atoms with Crippen molar-refractivity contribution in [2.24, 2.45) is 5.11 Å². The molecule has 1 amide bonds. The quantitative estimate of drug-likeness (QED) is 0.312. The summed E-state index contributed by atoms with van der Waals surface area (Å²) in [6.45, 7) is 0. The minimum Gasteiger partial charge on any atom is -0.477 e. The standard InChI is InChI=1S/C10H6N4O.C10H7NO2/c11-14-13-10(15)9-5-7-3-1-2-4-8(7)6-12-9;12-10(13)9-5-7-3-1-2-4-8(7)6-11-9/h1-6H;1-6H,(H,12,13). The van der Waals surface area contributed by atoms with Crippen molar-refractivity contribution in [3.05, 3.63) is 94.9 Å². The van der Waals surface area contributed by atoms with Crippen molar-refractivity contribution >= 4 is 33.4 Å². The smallest absolute Gasteiger partial charge is 0.354 e. The van der Waals surface area contributed by atoms with E-state index in [9.17, 15) is 9.59 Å². The van der Waals surface area contributed by atoms with E-state index in [0.717, 1.165) is 21.5 Å². The number of carbonyl (C=O) groups excluding carboxylic acids is 1. The van der Waals surface area contributed by atoms with Crippen LogP contribution in [-0.4, -0.2) is 27.0 Å². The summed E-state index contributed by atoms with van der Waals surface area (Å²) in [5, 5.41) is 15.3. The summed E-state index contributed by atoms with van der Waals surface area (Å²) in [7, 11) is 0. The first-order valence-corrected chi connectivity index (χ1v) is 8.11. The highest BCUT2D eigenvalue weighted by Crippen LogP contribution is 2.14. The summed E-state index contributed by atoms with van der Waals surface area (Å²) in [6, 6.07) is 18.2. The molecule has 8 heteroatoms. The zero-order valence-corrected chi connectivity index (χ0v) is 14.4. The van der Waals surface area contributed by atoms with Crippen LogP contribution in [0.15, 0.2) is 78.2 Å². The molecule has 0 aliphatic heterocycles. The number of hydrogen-bond acceptors (Lipinski definition) is 4. The lowest BCUT2D eigenvalue weighted by Gasteiger charge is -1.98. The van der Waals surface area contributed by atoms with Gasteiger partial charge in [-0.1, -0.05) is 48.5 Å². The van der Waals surface area contributed by atoms with E-state index in [-0.39, 0.29) is 11.4 Å². The molecule has 136 valence electrons. The lowest BCUT2D eigenvalue weighted by molar-refractivity contribution is 0.0690. The highest BCUT2D eigenvalue weighted by Gasteiger charge is 2.05. The molecule has 0 fully saturated rings. The topological polar surface area (TPSA) is 129 Å². The number of aromatic nitrogens is 2. The molecule has 0 bridgehead atoms. The molecule has 28 heavy (non-hydrogen) atoms. The highest BCUT2D eigenvalue weighted by atomic mass is 16.4. The Hall–Kier alpha value is -4.29. The number of carbonyl (C=O) groups is 2. The number of azide groups is 1. The lowest BCUT2D eigenvalue weighted by atomic mass is 10.1. The van der Waals surface area contributed by atoms with E-state index in [0.29, 0.717) is 0 Å². The summed E-state index contributed by atoms with van der Waals surface area (Å²) in [5.74, 6) is -1.66. The van der Waals surface area contributed by atoms with Crippen molar-refractivity contribution in [2.45, 2.75) is 0 Å². The number of nitrogens with zero attached hydrogens (tertiary/aromatic N) is 5. The van der Waals surface area contributed by atoms with Gasteiger partial charge in [0.15, 0.2) is 0 Å². The van der Waals surface area contributed by atoms with Gasteiger partial charge in [-0.25, -0.2) is 9.78 Å². The fourth-order valence-corrected chi connectivity index (χ4v) is 2.49. The average molecular weight is 371 g/mol. The van der Waals surface area contributed by atoms with Crippen LogP contribution in [0.25, 0.3) is 32.0 Å². The normalized spacial score (nSPS) is 9.86. The van der Waals surface area contributed by atoms with Crippen molar-refractivity contribution in [2.75, 3.05) is 0 Å². The molecule has 2 aromatic carbocycles. The minimum absolute atomic E-state index is 0.0821. The SMILES string of the molecule is O=C(O)c1cc2ccccc2cn1.[N-]=[N+]=NC(=O)c1cc2ccccc2cn1. The van der Waals surface area contributed by atoms with Crippen LogP contribution in [0.1, 0.15) is 21.0 Å². The van der Waals surface area contributed by atoms with Crippen LogP contribution < -0.4 is 0 Å². The van der Waals surface area contributed by atoms with Crippen LogP contribution in [0, 0.1) is 0 Å². The van der Waals surface area contributed by atoms with Gasteiger partial charge in [-0.05, 0) is 33.6 Å². The number of hydrogen-bond donors (Lipinski definition) is 1. The molecule has 2 aromatic heterocycles. The number of carboxylic acids is 1. The molecule has 4 rings (SSSR count). The number of carboxylic acid groups (broad SMARTS) is 1. The number of rotatable bonds is 2. The van der Waals surface area contributed by atoms with E-state index in [1.807, 2.05) is 48.5 Å². The molecule has 0 atom stereocenters. The number of aromatic carboxylic acids is 1. The van der Waals surface area contributed by atoms with Gasteiger partial charge in [-0.3, -0.25) is 9.78 Å². The van der Waals surface area contributed by atoms with E-state index >= 15 is 0 Å². The third-order valence-corrected chi connectivity index (χ3v) is 3.84. The van der Waals surface area contributed by atoms with Crippen molar-refractivity contribution < 1.29 is 14.7 Å². The van der Waals surface area contributed by atoms with Crippen LogP contribution in [0.2, 0.25) is 0 Å². The summed E-state index contributed by atoms with van der Waals surface area (Å²) >= 11 is 0. The molecule has 2 heterocycles. The second kappa shape index (κ2) is 8.39. The fourth-order valence-electron chi connectivity index (χ4n) is 2.49. The van der Waals surface area contributed by atoms with Crippen LogP contribution in [0.3, 0.4) is 0 Å². The summed E-state index contributed by atoms with van der Waals surface area (Å²) in [4.78, 5) is 31.9. The second-order valence-corrected chi connectivity index (χ2v) is 5.63. The predicted molar refractivity (Wildman–Crippen MR) is 104 cm³/mol. The maximum Gasteiger partial charge on any atom is 0.354 e. The average Bonchev–Trinajstić information content (AvgIpc) is 2.73. The van der Waals surface area contributed by atoms with Gasteiger partial charge in [-0.2, -0.15) is 0 Å². The van der Waals surface area contributed by atoms with E-state index < -0.39 is 11.9 Å². The maximum atomic E-state index is 11.2. The molecule has 0 spiro atoms. The van der Waals surface area contributed by atoms with Gasteiger partial charge in [0.05, 0.1) is 0 Å². The first-order chi connectivity index (χ1) is 13.6. The van der Waals surface area contributed by atoms with Crippen LogP contribution in [0.4, 0.5) is 0 Å². The molecule has 0 aliphatic rings. The zero-order valence-electron chi connectivity index (χ0n) is 14.4. The molecule has 0 saturated heterocycles. The molecule has 0 saturated carbocycles. The third-order valence-electron chi connectivity index (χ3n) is 3.84. The summed E-state index contributed by atoms with van der Waals surface area (Å²) in [5.41, 5.74) is 8.36. The van der Waals surface area contributed by atoms with Crippen LogP contribution >= 0.6 is 0 Å². The monoisotopic (exact) mass is 371 g/mol. The van der Waals surface area contributed by atoms with Crippen molar-refractivity contribution in [3.8, 4) is 0 Å². The number of pyridine rings is 2. The third kappa shape index (κ3) is 4.27. The molecule has 0 aliphatic carbocycles. The molecule has 8 nitrogen and oxygen atoms in total. The first-order valence-electron chi connectivity index (χ1n) is 8.11. The number of amides is 1. The van der Waals surface area contributed by atoms with Gasteiger partial charge in [0.25, 0.3) is 5.91 Å². The van der Waals surface area contributed by atoms with E-state index in [2.05, 4.69) is 20.0 Å². The molecular weight excluding hydrogens is 358 g/mol. The Kier molecular flexibility index (Phi) is 5.55. The van der Waals surface area contributed by atoms with Gasteiger partial charge in [0, 0.05) is 28.1 Å². The number of fused-ring (bicyclic) bond motifs is 2. The van der Waals surface area contributed by atoms with Gasteiger partial charge < -0.3 is 5.11 Å². The second-order valence-electron chi connectivity index (χ2n) is 5.63. The van der Waals surface area contributed by atoms with Crippen LogP contribution in [-0.2, 0) is 0 Å². The predicted octanol–water partition coefficient (Wildman–Crippen LogP) is 4.62. The zero-order chi connectivity index (χ0) is 19.9. The number of benzene rings is 2. The van der Waals surface area contributed by atoms with E-state index in [4.69, 9.17) is 10.6 Å². The molecule has 0 radical (unpaired) electrons. The summed E-state index contributed by atoms with van der Waals surface area (Å²) < 4.78 is 0. The van der Waals surface area contributed by atoms with Crippen molar-refractivity contribution in [3.63, 3.8) is 0 Å². The Morgan fingerprint density at radius 1 is 0.821 bits per heavy atom. The molecular formula is C20H13N5O3. The Bertz CT molecular complexity index is 1230. The van der Waals surface area contributed by atoms with E-state index in [1.165, 1.54) is 0 Å². The van der Waals surface area contributed by atoms with Gasteiger partial charge in [0.2, 0.25) is 0 Å². The molecule has 4 aromatic rings. The minimum atomic E-state index is -0.995. The largest absolute Gasteiger partial charge is 0.477 e. The molecule has 1 N–H and O–H groups in total. The van der Waals surface area contributed by atoms with Gasteiger partial charge in [-0.15, -0.1) is 0 Å². The van der Waals surface area contributed by atoms with Crippen molar-refractivity contribution in [1.82, 2.24) is 9.97 Å². The van der Waals surface area contributed by atoms with Crippen LogP contribution in [0.5, 0.6) is 0 Å². The Labute approximate surface area is 158 Å². The maximum absolute atomic E-state index is 11.2. The fraction of sp³-hybridized carbons (Fsp3) is 0. The van der Waals surface area contributed by atoms with Gasteiger partial charge in [0.1, 0.15) is 11.4 Å². The Balaban J connectivity index is 0.000000162. The van der Waals surface area contributed by atoms with E-state index in [1.54, 1.807) is 24.5 Å². The first kappa shape index (κ1) is 18.5. The lowest BCUT2D eigenvalue weighted by Crippen LogP contribution is -1.98. The van der Waals surface area contributed by atoms with Gasteiger partial charge >= 0.3 is 5.97 Å².